The zero-order valence-electron chi connectivity index (χ0n) is 68.9. The van der Waals surface area contributed by atoms with Gasteiger partial charge in [-0.05, 0) is 180 Å². The second-order valence-corrected chi connectivity index (χ2v) is 40.7. The Bertz CT molecular complexity index is 7320. The van der Waals surface area contributed by atoms with E-state index >= 15 is 0 Å². The molecule has 12 heteroatoms. The van der Waals surface area contributed by atoms with Crippen LogP contribution in [-0.2, 0) is 9.31 Å². The Morgan fingerprint density at radius 2 is 0.476 bits per heavy atom. The Kier molecular flexibility index (Phi) is 19.9. The zero-order chi connectivity index (χ0) is 83.5. The smallest absolute Gasteiger partial charge is 0.399 e. The normalized spacial score (nSPS) is 14.0. The number of nitrogens with zero attached hydrogens (tertiary/aromatic N) is 6. The molecule has 0 atom stereocenters. The Morgan fingerprint density at radius 1 is 0.234 bits per heavy atom. The van der Waals surface area contributed by atoms with E-state index < -0.39 is 34.5 Å². The number of benzene rings is 18. The minimum Gasteiger partial charge on any atom is -0.399 e. The van der Waals surface area contributed by atoms with Gasteiger partial charge in [-0.1, -0.05) is 419 Å². The molecule has 1 saturated heterocycles. The Labute approximate surface area is 729 Å². The van der Waals surface area contributed by atoms with Gasteiger partial charge >= 0.3 is 7.12 Å². The second kappa shape index (κ2) is 32.0. The fourth-order valence-electron chi connectivity index (χ4n) is 19.0. The Balaban J connectivity index is 0.000000123. The van der Waals surface area contributed by atoms with Gasteiger partial charge in [-0.2, -0.15) is 9.97 Å². The molecule has 0 aliphatic carbocycles. The van der Waals surface area contributed by atoms with Crippen molar-refractivity contribution >= 4 is 125 Å². The first-order valence-corrected chi connectivity index (χ1v) is 46.6. The summed E-state index contributed by atoms with van der Waals surface area (Å²) in [7, 11) is -5.97. The number of rotatable bonds is 12. The third-order valence-corrected chi connectivity index (χ3v) is 35.4. The van der Waals surface area contributed by atoms with Gasteiger partial charge in [0.05, 0.1) is 11.2 Å². The lowest BCUT2D eigenvalue weighted by Crippen LogP contribution is -2.73. The first-order valence-electron chi connectivity index (χ1n) is 42.3. The maximum absolute atomic E-state index is 6.57. The van der Waals surface area contributed by atoms with Gasteiger partial charge in [-0.25, -0.2) is 19.9 Å². The SMILES string of the molecule is CC1(C)OB(c2ccc3c(c2)-c2c(c4ccccc4c4ccccc24)[Si]3(c2ccccc2)c2ccccc2)OC1(C)C.Clc1nc(-c2ccccc2)nc(-c2ccc(-c3ccccc3)cc2)n1.c1ccc(-c2ccc(-c3nc(-c4ccccc4)nc(-c4ccc5c(c4)-c4c(c6ccccc6c6ccccc46)[Si]5(c4ccccc4)c4ccccc4)n3)cc2)cc1. The fraction of sp³-hybridized carbons (Fsp3) is 0.0536. The van der Waals surface area contributed by atoms with Crippen LogP contribution in [0.1, 0.15) is 27.7 Å². The number of hydrogen-bond acceptors (Lipinski definition) is 8. The van der Waals surface area contributed by atoms with Crippen LogP contribution in [0.15, 0.2) is 425 Å². The van der Waals surface area contributed by atoms with Crippen LogP contribution in [0.25, 0.3) is 145 Å². The molecule has 2 aromatic heterocycles. The highest BCUT2D eigenvalue weighted by molar-refractivity contribution is 7.24. The molecule has 0 saturated carbocycles. The van der Waals surface area contributed by atoms with E-state index in [1.165, 1.54) is 118 Å². The van der Waals surface area contributed by atoms with Crippen molar-refractivity contribution in [1.29, 1.82) is 0 Å². The molecule has 3 aliphatic rings. The van der Waals surface area contributed by atoms with Gasteiger partial charge in [0.2, 0.25) is 5.28 Å². The van der Waals surface area contributed by atoms with Gasteiger partial charge in [0, 0.05) is 27.8 Å². The van der Waals surface area contributed by atoms with Crippen molar-refractivity contribution in [3.63, 3.8) is 0 Å². The van der Waals surface area contributed by atoms with Crippen molar-refractivity contribution in [2.45, 2.75) is 38.9 Å². The second-order valence-electron chi connectivity index (χ2n) is 33.0. The molecule has 18 aromatic carbocycles. The van der Waals surface area contributed by atoms with E-state index in [4.69, 9.17) is 35.9 Å². The fourth-order valence-corrected chi connectivity index (χ4v) is 30.0. The van der Waals surface area contributed by atoms with Gasteiger partial charge < -0.3 is 9.31 Å². The summed E-state index contributed by atoms with van der Waals surface area (Å²) in [6.45, 7) is 8.49. The van der Waals surface area contributed by atoms with Gasteiger partial charge in [0.1, 0.15) is 0 Å². The summed E-state index contributed by atoms with van der Waals surface area (Å²) in [6.07, 6.45) is 0. The summed E-state index contributed by atoms with van der Waals surface area (Å²) < 4.78 is 13.1. The maximum Gasteiger partial charge on any atom is 0.494 e. The van der Waals surface area contributed by atoms with E-state index in [1.54, 1.807) is 0 Å². The van der Waals surface area contributed by atoms with E-state index in [2.05, 4.69) is 382 Å². The summed E-state index contributed by atoms with van der Waals surface area (Å²) in [5.41, 5.74) is 14.8. The third kappa shape index (κ3) is 13.4. The number of halogens is 1. The van der Waals surface area contributed by atoms with E-state index in [0.29, 0.717) is 29.1 Å². The van der Waals surface area contributed by atoms with E-state index in [-0.39, 0.29) is 5.28 Å². The minimum absolute atomic E-state index is 0.191. The monoisotopic (exact) mass is 1640 g/mol. The van der Waals surface area contributed by atoms with Gasteiger partial charge in [0.15, 0.2) is 45.3 Å². The largest absolute Gasteiger partial charge is 0.494 e. The molecule has 0 unspecified atom stereocenters. The minimum atomic E-state index is -2.85. The molecule has 20 aromatic rings. The van der Waals surface area contributed by atoms with Crippen molar-refractivity contribution in [2.75, 3.05) is 0 Å². The molecule has 0 spiro atoms. The van der Waals surface area contributed by atoms with Crippen molar-refractivity contribution in [1.82, 2.24) is 29.9 Å². The summed E-state index contributed by atoms with van der Waals surface area (Å²) in [4.78, 5) is 28.6. The van der Waals surface area contributed by atoms with E-state index in [9.17, 15) is 0 Å². The molecule has 3 aliphatic heterocycles. The number of aromatic nitrogens is 6. The van der Waals surface area contributed by atoms with Crippen LogP contribution < -0.4 is 47.0 Å². The molecular formula is C112H82BClN6O2Si2. The Hall–Kier alpha value is -14.3. The quantitative estimate of drug-likeness (QED) is 0.0882. The molecule has 1 fully saturated rings. The first kappa shape index (κ1) is 77.1. The average molecular weight is 1650 g/mol. The lowest BCUT2D eigenvalue weighted by Gasteiger charge is -2.32. The lowest BCUT2D eigenvalue weighted by molar-refractivity contribution is 0.00578. The van der Waals surface area contributed by atoms with Crippen molar-refractivity contribution in [3.05, 3.63) is 430 Å². The molecule has 23 rings (SSSR count). The van der Waals surface area contributed by atoms with Crippen LogP contribution in [0, 0.1) is 0 Å². The van der Waals surface area contributed by atoms with Crippen LogP contribution in [-0.4, -0.2) is 64.4 Å². The van der Waals surface area contributed by atoms with Gasteiger partial charge in [-0.15, -0.1) is 0 Å². The molecule has 0 N–H and O–H groups in total. The number of hydrogen-bond donors (Lipinski definition) is 0. The molecular weight excluding hydrogens is 1560 g/mol. The predicted octanol–water partition coefficient (Wildman–Crippen LogP) is 21.4. The molecule has 0 bridgehead atoms. The highest BCUT2D eigenvalue weighted by Crippen LogP contribution is 2.44. The van der Waals surface area contributed by atoms with Crippen LogP contribution in [0.4, 0.5) is 0 Å². The van der Waals surface area contributed by atoms with Crippen LogP contribution >= 0.6 is 11.6 Å². The average Bonchev–Trinajstić information content (AvgIpc) is 1.52. The standard InChI is InChI=1S/C53H35N3Si.C38H33BO2Si.C21H14ClN3/c1-5-17-36(18-6-1)37-29-31-39(32-30-37)52-54-51(38-19-7-2-8-20-38)55-53(56-52)40-33-34-48-47(35-40)49-45-27-15-13-25-43(45)44-26-14-16-28-46(44)50(49)57(48,41-21-9-3-10-22-41)42-23-11-4-12-24-42;1-37(2)38(3,4)41-39(40-37)26-23-24-34-33(25-26)35-31-21-13-11-19-29(31)30-20-12-14-22-32(30)36(35)42(34,27-15-7-5-8-16-27)28-17-9-6-10-18-28;22-21-24-19(17-9-5-2-6-10-17)23-20(25-21)18-13-11-16(12-14-18)15-7-3-1-4-8-15/h1-35H;5-25H,1-4H3;1-14H. The first-order chi connectivity index (χ1) is 60.9. The van der Waals surface area contributed by atoms with Crippen molar-refractivity contribution in [3.8, 4) is 101 Å². The molecule has 8 nitrogen and oxygen atoms in total. The maximum atomic E-state index is 6.57. The van der Waals surface area contributed by atoms with Crippen LogP contribution in [0.2, 0.25) is 5.28 Å². The van der Waals surface area contributed by atoms with Crippen LogP contribution in [0.3, 0.4) is 0 Å². The highest BCUT2D eigenvalue weighted by atomic mass is 35.5. The molecule has 124 heavy (non-hydrogen) atoms. The topological polar surface area (TPSA) is 95.8 Å². The number of fused-ring (bicyclic) bond motifs is 16. The van der Waals surface area contributed by atoms with Crippen molar-refractivity contribution in [2.24, 2.45) is 0 Å². The van der Waals surface area contributed by atoms with Gasteiger partial charge in [0.25, 0.3) is 0 Å². The summed E-state index contributed by atoms with van der Waals surface area (Å²) >= 11 is 6.11. The van der Waals surface area contributed by atoms with E-state index in [0.717, 1.165) is 44.4 Å². The highest BCUT2D eigenvalue weighted by Gasteiger charge is 2.55. The molecule has 590 valence electrons. The lowest BCUT2D eigenvalue weighted by atomic mass is 9.77. The summed E-state index contributed by atoms with van der Waals surface area (Å²) in [5, 5.41) is 21.9. The molecule has 0 amide bonds. The predicted molar refractivity (Wildman–Crippen MR) is 520 cm³/mol. The molecule has 0 radical (unpaired) electrons. The van der Waals surface area contributed by atoms with Crippen LogP contribution in [0.5, 0.6) is 0 Å². The summed E-state index contributed by atoms with van der Waals surface area (Å²) in [6, 6.07) is 152. The van der Waals surface area contributed by atoms with Gasteiger partial charge in [-0.3, -0.25) is 0 Å². The van der Waals surface area contributed by atoms with Crippen molar-refractivity contribution < 1.29 is 9.31 Å². The Morgan fingerprint density at radius 3 is 0.831 bits per heavy atom. The van der Waals surface area contributed by atoms with E-state index in [1.807, 2.05) is 84.9 Å². The third-order valence-electron chi connectivity index (χ3n) is 25.4. The molecule has 5 heterocycles. The summed E-state index contributed by atoms with van der Waals surface area (Å²) in [5.74, 6) is 3.09. The zero-order valence-corrected chi connectivity index (χ0v) is 71.6.